The average molecular weight is 240 g/mol. The van der Waals surface area contributed by atoms with Gasteiger partial charge >= 0.3 is 0 Å². The summed E-state index contributed by atoms with van der Waals surface area (Å²) in [6.45, 7) is 4.29. The molecular weight excluding hydrogens is 220 g/mol. The van der Waals surface area contributed by atoms with E-state index in [0.717, 1.165) is 6.42 Å². The summed E-state index contributed by atoms with van der Waals surface area (Å²) in [5.41, 5.74) is 5.11. The third kappa shape index (κ3) is 2.96. The fourth-order valence-corrected chi connectivity index (χ4v) is 2.07. The number of rotatable bonds is 4. The number of hydrogen-bond acceptors (Lipinski definition) is 2. The van der Waals surface area contributed by atoms with E-state index in [1.54, 1.807) is 0 Å². The lowest BCUT2D eigenvalue weighted by molar-refractivity contribution is 0.608. The minimum atomic E-state index is 0.513. The van der Waals surface area contributed by atoms with Gasteiger partial charge in [0.25, 0.3) is 0 Å². The lowest BCUT2D eigenvalue weighted by Crippen LogP contribution is -2.23. The van der Waals surface area contributed by atoms with Gasteiger partial charge in [0.05, 0.1) is 0 Å². The summed E-state index contributed by atoms with van der Waals surface area (Å²) in [5, 5.41) is 3.26. The number of aromatic nitrogens is 1. The van der Waals surface area contributed by atoms with E-state index in [0.29, 0.717) is 6.04 Å². The smallest absolute Gasteiger partial charge is 0.0303 e. The van der Waals surface area contributed by atoms with E-state index < -0.39 is 0 Å². The van der Waals surface area contributed by atoms with E-state index in [1.165, 1.54) is 22.3 Å². The first-order valence-electron chi connectivity index (χ1n) is 6.38. The van der Waals surface area contributed by atoms with Crippen molar-refractivity contribution in [1.82, 2.24) is 10.3 Å². The predicted octanol–water partition coefficient (Wildman–Crippen LogP) is 3.21. The van der Waals surface area contributed by atoms with Gasteiger partial charge in [0.15, 0.2) is 0 Å². The van der Waals surface area contributed by atoms with Gasteiger partial charge in [-0.1, -0.05) is 24.3 Å². The molecular formula is C16H20N2. The molecule has 1 aromatic heterocycles. The van der Waals surface area contributed by atoms with Crippen LogP contribution in [0.4, 0.5) is 0 Å². The second-order valence-electron chi connectivity index (χ2n) is 4.78. The Bertz CT molecular complexity index is 503. The van der Waals surface area contributed by atoms with E-state index in [9.17, 15) is 0 Å². The summed E-state index contributed by atoms with van der Waals surface area (Å²) in [4.78, 5) is 4.13. The zero-order valence-corrected chi connectivity index (χ0v) is 11.3. The third-order valence-corrected chi connectivity index (χ3v) is 3.32. The van der Waals surface area contributed by atoms with Crippen LogP contribution in [0.2, 0.25) is 0 Å². The maximum absolute atomic E-state index is 4.13. The minimum Gasteiger partial charge on any atom is -0.317 e. The molecule has 2 rings (SSSR count). The Morgan fingerprint density at radius 3 is 2.50 bits per heavy atom. The van der Waals surface area contributed by atoms with E-state index >= 15 is 0 Å². The second-order valence-corrected chi connectivity index (χ2v) is 4.78. The summed E-state index contributed by atoms with van der Waals surface area (Å²) in [7, 11) is 2.00. The quantitative estimate of drug-likeness (QED) is 0.887. The van der Waals surface area contributed by atoms with Crippen LogP contribution in [0.15, 0.2) is 42.7 Å². The van der Waals surface area contributed by atoms with Crippen molar-refractivity contribution in [3.63, 3.8) is 0 Å². The number of pyridine rings is 1. The van der Waals surface area contributed by atoms with Crippen LogP contribution in [-0.2, 0) is 6.42 Å². The summed E-state index contributed by atoms with van der Waals surface area (Å²) < 4.78 is 0. The predicted molar refractivity (Wildman–Crippen MR) is 76.6 cm³/mol. The van der Waals surface area contributed by atoms with E-state index in [4.69, 9.17) is 0 Å². The highest BCUT2D eigenvalue weighted by Gasteiger charge is 2.03. The molecule has 0 aliphatic rings. The molecule has 1 unspecified atom stereocenters. The largest absolute Gasteiger partial charge is 0.317 e. The van der Waals surface area contributed by atoms with Gasteiger partial charge in [0, 0.05) is 18.4 Å². The number of benzene rings is 1. The summed E-state index contributed by atoms with van der Waals surface area (Å²) in [5.74, 6) is 0. The molecule has 0 saturated heterocycles. The monoisotopic (exact) mass is 240 g/mol. The van der Waals surface area contributed by atoms with E-state index in [-0.39, 0.29) is 0 Å². The number of nitrogens with one attached hydrogen (secondary N) is 1. The van der Waals surface area contributed by atoms with E-state index in [2.05, 4.69) is 54.5 Å². The molecule has 0 aliphatic heterocycles. The molecule has 18 heavy (non-hydrogen) atoms. The molecule has 2 aromatic rings. The molecule has 1 atom stereocenters. The van der Waals surface area contributed by atoms with Gasteiger partial charge in [-0.2, -0.15) is 0 Å². The topological polar surface area (TPSA) is 24.9 Å². The Labute approximate surface area is 109 Å². The van der Waals surface area contributed by atoms with Gasteiger partial charge in [-0.25, -0.2) is 0 Å². The lowest BCUT2D eigenvalue weighted by atomic mass is 9.99. The molecule has 1 heterocycles. The fraction of sp³-hybridized carbons (Fsp3) is 0.312. The first kappa shape index (κ1) is 12.8. The number of aryl methyl sites for hydroxylation is 1. The molecule has 94 valence electrons. The van der Waals surface area contributed by atoms with Gasteiger partial charge < -0.3 is 5.32 Å². The van der Waals surface area contributed by atoms with Gasteiger partial charge in [-0.15, -0.1) is 0 Å². The van der Waals surface area contributed by atoms with Crippen LogP contribution >= 0.6 is 0 Å². The molecule has 2 nitrogen and oxygen atoms in total. The first-order valence-corrected chi connectivity index (χ1v) is 6.38. The van der Waals surface area contributed by atoms with Crippen molar-refractivity contribution in [1.29, 1.82) is 0 Å². The van der Waals surface area contributed by atoms with E-state index in [1.807, 2.05) is 19.4 Å². The molecule has 1 N–H and O–H groups in total. The highest BCUT2D eigenvalue weighted by Crippen LogP contribution is 2.22. The Morgan fingerprint density at radius 2 is 1.89 bits per heavy atom. The molecule has 0 saturated carbocycles. The fourth-order valence-electron chi connectivity index (χ4n) is 2.07. The van der Waals surface area contributed by atoms with Crippen LogP contribution in [0, 0.1) is 6.92 Å². The zero-order chi connectivity index (χ0) is 13.0. The normalized spacial score (nSPS) is 12.4. The average Bonchev–Trinajstić information content (AvgIpc) is 2.40. The van der Waals surface area contributed by atoms with Gasteiger partial charge in [-0.3, -0.25) is 4.98 Å². The number of likely N-dealkylation sites (N-methyl/N-ethyl adjacent to an activating group) is 1. The van der Waals surface area contributed by atoms with Crippen LogP contribution in [0.3, 0.4) is 0 Å². The first-order chi connectivity index (χ1) is 8.70. The van der Waals surface area contributed by atoms with Crippen molar-refractivity contribution in [2.45, 2.75) is 26.3 Å². The Kier molecular flexibility index (Phi) is 4.11. The molecule has 0 spiro atoms. The van der Waals surface area contributed by atoms with Gasteiger partial charge in [0.1, 0.15) is 0 Å². The summed E-state index contributed by atoms with van der Waals surface area (Å²) in [6, 6.07) is 11.4. The Hall–Kier alpha value is -1.67. The lowest BCUT2D eigenvalue weighted by Gasteiger charge is -2.11. The van der Waals surface area contributed by atoms with Gasteiger partial charge in [-0.05, 0) is 55.6 Å². The van der Waals surface area contributed by atoms with Crippen LogP contribution in [0.25, 0.3) is 11.1 Å². The maximum atomic E-state index is 4.13. The van der Waals surface area contributed by atoms with Crippen molar-refractivity contribution in [3.05, 3.63) is 53.9 Å². The van der Waals surface area contributed by atoms with Crippen LogP contribution in [0.1, 0.15) is 18.1 Å². The zero-order valence-electron chi connectivity index (χ0n) is 11.3. The number of hydrogen-bond donors (Lipinski definition) is 1. The van der Waals surface area contributed by atoms with Crippen molar-refractivity contribution in [2.24, 2.45) is 0 Å². The minimum absolute atomic E-state index is 0.513. The van der Waals surface area contributed by atoms with Crippen molar-refractivity contribution in [2.75, 3.05) is 7.05 Å². The van der Waals surface area contributed by atoms with Crippen molar-refractivity contribution < 1.29 is 0 Å². The van der Waals surface area contributed by atoms with Crippen LogP contribution in [-0.4, -0.2) is 18.1 Å². The van der Waals surface area contributed by atoms with Crippen LogP contribution < -0.4 is 5.32 Å². The molecule has 0 radical (unpaired) electrons. The maximum Gasteiger partial charge on any atom is 0.0303 e. The van der Waals surface area contributed by atoms with Gasteiger partial charge in [0.2, 0.25) is 0 Å². The molecule has 0 amide bonds. The van der Waals surface area contributed by atoms with Crippen LogP contribution in [0.5, 0.6) is 0 Å². The Morgan fingerprint density at radius 1 is 1.17 bits per heavy atom. The Balaban J connectivity index is 2.20. The molecule has 0 aliphatic carbocycles. The number of nitrogens with zero attached hydrogens (tertiary/aromatic N) is 1. The van der Waals surface area contributed by atoms with Crippen molar-refractivity contribution >= 4 is 0 Å². The molecule has 2 heteroatoms. The SMILES string of the molecule is CNC(C)Cc1ccc(-c2ccncc2C)cc1. The highest BCUT2D eigenvalue weighted by atomic mass is 14.8. The third-order valence-electron chi connectivity index (χ3n) is 3.32. The molecule has 0 fully saturated rings. The molecule has 0 bridgehead atoms. The second kappa shape index (κ2) is 5.78. The summed E-state index contributed by atoms with van der Waals surface area (Å²) in [6.07, 6.45) is 4.82. The van der Waals surface area contributed by atoms with Crippen molar-refractivity contribution in [3.8, 4) is 11.1 Å². The molecule has 1 aromatic carbocycles. The standard InChI is InChI=1S/C16H20N2/c1-12-11-18-9-8-16(12)15-6-4-14(5-7-15)10-13(2)17-3/h4-9,11,13,17H,10H2,1-3H3. The summed E-state index contributed by atoms with van der Waals surface area (Å²) >= 11 is 0. The highest BCUT2D eigenvalue weighted by molar-refractivity contribution is 5.66.